The van der Waals surface area contributed by atoms with Gasteiger partial charge in [-0.05, 0) is 51.2 Å². The van der Waals surface area contributed by atoms with Crippen molar-refractivity contribution in [1.82, 2.24) is 9.88 Å². The van der Waals surface area contributed by atoms with Gasteiger partial charge in [0.05, 0.1) is 31.5 Å². The molecule has 2 aliphatic heterocycles. The Morgan fingerprint density at radius 3 is 3.04 bits per heavy atom. The summed E-state index contributed by atoms with van der Waals surface area (Å²) in [4.78, 5) is 19.0. The van der Waals surface area contributed by atoms with Gasteiger partial charge < -0.3 is 14.4 Å². The first-order valence-corrected chi connectivity index (χ1v) is 9.80. The second kappa shape index (κ2) is 7.49. The van der Waals surface area contributed by atoms with Gasteiger partial charge in [0.25, 0.3) is 0 Å². The molecule has 0 N–H and O–H groups in total. The van der Waals surface area contributed by atoms with Crippen LogP contribution in [0.3, 0.4) is 0 Å². The first-order valence-electron chi connectivity index (χ1n) is 9.80. The predicted octanol–water partition coefficient (Wildman–Crippen LogP) is 3.17. The maximum atomic E-state index is 12.6. The fourth-order valence-electron chi connectivity index (χ4n) is 4.26. The Bertz CT molecular complexity index is 694. The fraction of sp³-hybridized carbons (Fsp3) is 0.619. The Kier molecular flexibility index (Phi) is 5.09. The van der Waals surface area contributed by atoms with Crippen LogP contribution >= 0.6 is 0 Å². The van der Waals surface area contributed by atoms with E-state index < -0.39 is 0 Å². The van der Waals surface area contributed by atoms with Gasteiger partial charge >= 0.3 is 0 Å². The summed E-state index contributed by atoms with van der Waals surface area (Å²) in [5, 5.41) is 0. The number of aryl methyl sites for hydroxylation is 1. The molecule has 0 unspecified atom stereocenters. The summed E-state index contributed by atoms with van der Waals surface area (Å²) >= 11 is 0. The first kappa shape index (κ1) is 17.7. The van der Waals surface area contributed by atoms with Gasteiger partial charge in [-0.2, -0.15) is 0 Å². The van der Waals surface area contributed by atoms with Crippen LogP contribution in [0.2, 0.25) is 0 Å². The van der Waals surface area contributed by atoms with Gasteiger partial charge in [-0.1, -0.05) is 12.1 Å². The molecule has 4 rings (SSSR count). The number of nitrogens with zero attached hydrogens (tertiary/aromatic N) is 2. The molecular formula is C21H28N2O3. The van der Waals surface area contributed by atoms with Gasteiger partial charge in [0, 0.05) is 24.3 Å². The van der Waals surface area contributed by atoms with Crippen LogP contribution in [0.1, 0.15) is 49.9 Å². The van der Waals surface area contributed by atoms with E-state index in [0.29, 0.717) is 26.3 Å². The normalized spacial score (nSPS) is 24.9. The summed E-state index contributed by atoms with van der Waals surface area (Å²) < 4.78 is 12.2. The molecule has 1 aromatic rings. The van der Waals surface area contributed by atoms with Gasteiger partial charge in [0.2, 0.25) is 5.91 Å². The van der Waals surface area contributed by atoms with E-state index in [-0.39, 0.29) is 17.6 Å². The van der Waals surface area contributed by atoms with E-state index in [2.05, 4.69) is 11.1 Å². The molecule has 1 atom stereocenters. The standard InChI is InChI=1S/C21H28N2O3/c1-16-6-5-9-18(22-16)13-25-19-10-11-26-21(12-19)14-23(15-21)20(24)17-7-3-2-4-8-17/h5-7,9,19H,2-4,8,10-15H2,1H3/t19-/m1/s1. The minimum atomic E-state index is -0.201. The van der Waals surface area contributed by atoms with E-state index in [1.165, 1.54) is 6.42 Å². The summed E-state index contributed by atoms with van der Waals surface area (Å²) in [6, 6.07) is 6.01. The number of aromatic nitrogens is 1. The van der Waals surface area contributed by atoms with Crippen LogP contribution in [-0.2, 0) is 20.9 Å². The lowest BCUT2D eigenvalue weighted by molar-refractivity contribution is -0.200. The van der Waals surface area contributed by atoms with Crippen molar-refractivity contribution in [3.05, 3.63) is 41.2 Å². The van der Waals surface area contributed by atoms with Crippen LogP contribution < -0.4 is 0 Å². The lowest BCUT2D eigenvalue weighted by Gasteiger charge is -2.53. The first-order chi connectivity index (χ1) is 12.6. The van der Waals surface area contributed by atoms with E-state index >= 15 is 0 Å². The quantitative estimate of drug-likeness (QED) is 0.831. The molecule has 5 heteroatoms. The zero-order valence-corrected chi connectivity index (χ0v) is 15.6. The van der Waals surface area contributed by atoms with Crippen molar-refractivity contribution < 1.29 is 14.3 Å². The lowest BCUT2D eigenvalue weighted by Crippen LogP contribution is -2.67. The number of likely N-dealkylation sites (tertiary alicyclic amines) is 1. The molecule has 140 valence electrons. The molecule has 0 radical (unpaired) electrons. The number of rotatable bonds is 4. The molecule has 0 saturated carbocycles. The molecule has 2 fully saturated rings. The number of carbonyl (C=O) groups excluding carboxylic acids is 1. The molecule has 26 heavy (non-hydrogen) atoms. The molecule has 1 amide bonds. The van der Waals surface area contributed by atoms with Crippen molar-refractivity contribution in [2.24, 2.45) is 0 Å². The number of amides is 1. The molecule has 0 bridgehead atoms. The average molecular weight is 356 g/mol. The van der Waals surface area contributed by atoms with Crippen LogP contribution in [0.25, 0.3) is 0 Å². The summed E-state index contributed by atoms with van der Waals surface area (Å²) in [6.07, 6.45) is 8.39. The van der Waals surface area contributed by atoms with Crippen LogP contribution in [0, 0.1) is 6.92 Å². The summed E-state index contributed by atoms with van der Waals surface area (Å²) in [6.45, 7) is 4.64. The Morgan fingerprint density at radius 1 is 1.38 bits per heavy atom. The minimum Gasteiger partial charge on any atom is -0.372 e. The topological polar surface area (TPSA) is 51.7 Å². The van der Waals surface area contributed by atoms with E-state index in [4.69, 9.17) is 9.47 Å². The highest BCUT2D eigenvalue weighted by Crippen LogP contribution is 2.37. The van der Waals surface area contributed by atoms with Crippen molar-refractivity contribution in [3.63, 3.8) is 0 Å². The number of allylic oxidation sites excluding steroid dienone is 1. The highest BCUT2D eigenvalue weighted by atomic mass is 16.5. The summed E-state index contributed by atoms with van der Waals surface area (Å²) in [7, 11) is 0. The van der Waals surface area contributed by atoms with E-state index in [1.807, 2.05) is 30.0 Å². The Morgan fingerprint density at radius 2 is 2.27 bits per heavy atom. The second-order valence-electron chi connectivity index (χ2n) is 7.86. The maximum Gasteiger partial charge on any atom is 0.249 e. The third kappa shape index (κ3) is 3.84. The number of pyridine rings is 1. The van der Waals surface area contributed by atoms with Crippen molar-refractivity contribution in [3.8, 4) is 0 Å². The zero-order chi connectivity index (χ0) is 18.0. The average Bonchev–Trinajstić information content (AvgIpc) is 2.65. The van der Waals surface area contributed by atoms with Crippen molar-refractivity contribution >= 4 is 5.91 Å². The van der Waals surface area contributed by atoms with Crippen LogP contribution in [0.5, 0.6) is 0 Å². The van der Waals surface area contributed by atoms with E-state index in [9.17, 15) is 4.79 Å². The predicted molar refractivity (Wildman–Crippen MR) is 98.6 cm³/mol. The smallest absolute Gasteiger partial charge is 0.249 e. The lowest BCUT2D eigenvalue weighted by atomic mass is 9.83. The minimum absolute atomic E-state index is 0.178. The molecular weight excluding hydrogens is 328 g/mol. The second-order valence-corrected chi connectivity index (χ2v) is 7.86. The van der Waals surface area contributed by atoms with Crippen LogP contribution in [0.4, 0.5) is 0 Å². The SMILES string of the molecule is Cc1cccc(CO[C@@H]2CCOC3(C2)CN(C(=O)C2=CCCCC2)C3)n1. The number of hydrogen-bond donors (Lipinski definition) is 0. The molecule has 2 saturated heterocycles. The van der Waals surface area contributed by atoms with Gasteiger partial charge in [-0.3, -0.25) is 9.78 Å². The molecule has 1 spiro atoms. The highest BCUT2D eigenvalue weighted by molar-refractivity contribution is 5.94. The Balaban J connectivity index is 1.29. The van der Waals surface area contributed by atoms with E-state index in [1.54, 1.807) is 0 Å². The largest absolute Gasteiger partial charge is 0.372 e. The number of carbonyl (C=O) groups is 1. The van der Waals surface area contributed by atoms with Gasteiger partial charge in [-0.25, -0.2) is 0 Å². The van der Waals surface area contributed by atoms with Gasteiger partial charge in [-0.15, -0.1) is 0 Å². The van der Waals surface area contributed by atoms with Crippen molar-refractivity contribution in [2.45, 2.75) is 63.8 Å². The fourth-order valence-corrected chi connectivity index (χ4v) is 4.26. The summed E-state index contributed by atoms with van der Waals surface area (Å²) in [5.74, 6) is 0.214. The maximum absolute atomic E-state index is 12.6. The number of ether oxygens (including phenoxy) is 2. The highest BCUT2D eigenvalue weighted by Gasteiger charge is 2.49. The van der Waals surface area contributed by atoms with Gasteiger partial charge in [0.1, 0.15) is 5.60 Å². The van der Waals surface area contributed by atoms with Crippen LogP contribution in [-0.4, -0.2) is 47.2 Å². The molecule has 1 aliphatic carbocycles. The molecule has 3 aliphatic rings. The molecule has 3 heterocycles. The third-order valence-corrected chi connectivity index (χ3v) is 5.67. The monoisotopic (exact) mass is 356 g/mol. The van der Waals surface area contributed by atoms with Crippen molar-refractivity contribution in [2.75, 3.05) is 19.7 Å². The van der Waals surface area contributed by atoms with E-state index in [0.717, 1.165) is 49.1 Å². The van der Waals surface area contributed by atoms with Gasteiger partial charge in [0.15, 0.2) is 0 Å². The number of hydrogen-bond acceptors (Lipinski definition) is 4. The molecule has 0 aromatic carbocycles. The summed E-state index contributed by atoms with van der Waals surface area (Å²) in [5.41, 5.74) is 2.79. The Hall–Kier alpha value is -1.72. The third-order valence-electron chi connectivity index (χ3n) is 5.67. The Labute approximate surface area is 155 Å². The molecule has 1 aromatic heterocycles. The van der Waals surface area contributed by atoms with Crippen LogP contribution in [0.15, 0.2) is 29.8 Å². The zero-order valence-electron chi connectivity index (χ0n) is 15.6. The molecule has 5 nitrogen and oxygen atoms in total. The van der Waals surface area contributed by atoms with Crippen molar-refractivity contribution in [1.29, 1.82) is 0 Å².